The molecule has 0 aromatic carbocycles. The van der Waals surface area contributed by atoms with Crippen LogP contribution in [-0.4, -0.2) is 12.9 Å². The zero-order valence-electron chi connectivity index (χ0n) is 5.44. The summed E-state index contributed by atoms with van der Waals surface area (Å²) in [5.41, 5.74) is 0. The molecule has 0 fully saturated rings. The van der Waals surface area contributed by atoms with Gasteiger partial charge in [0, 0.05) is 0 Å². The zero-order valence-corrected chi connectivity index (χ0v) is 5.44. The molecule has 0 aliphatic rings. The van der Waals surface area contributed by atoms with E-state index in [0.29, 0.717) is 0 Å². The molecule has 0 radical (unpaired) electrons. The Hall–Kier alpha value is -0.0651. The summed E-state index contributed by atoms with van der Waals surface area (Å²) < 4.78 is 0. The normalized spacial score (nSPS) is 14.1. The molecule has 0 aromatic rings. The third-order valence-corrected chi connectivity index (χ3v) is 1.16. The molecule has 0 aliphatic heterocycles. The molecule has 0 bridgehead atoms. The second-order valence-electron chi connectivity index (χ2n) is 1.91. The molecule has 1 heteroatoms. The molecule has 0 aromatic heterocycles. The van der Waals surface area contributed by atoms with Crippen LogP contribution >= 0.6 is 0 Å². The molecule has 7 heavy (non-hydrogen) atoms. The molecule has 0 heterocycles. The van der Waals surface area contributed by atoms with Crippen LogP contribution in [0.25, 0.3) is 0 Å². The van der Waals surface area contributed by atoms with Gasteiger partial charge in [0.2, 0.25) is 0 Å². The molecular formula is C6H13B. The summed E-state index contributed by atoms with van der Waals surface area (Å²) in [5, 5.41) is 0. The minimum absolute atomic E-state index is 0.769. The van der Waals surface area contributed by atoms with Crippen LogP contribution in [0.15, 0.2) is 0 Å². The van der Waals surface area contributed by atoms with Crippen molar-refractivity contribution in [2.24, 2.45) is 5.92 Å². The summed E-state index contributed by atoms with van der Waals surface area (Å²) in [6, 6.07) is 0. The van der Waals surface area contributed by atoms with Crippen molar-refractivity contribution in [3.05, 3.63) is 0 Å². The maximum atomic E-state index is 2.22. The van der Waals surface area contributed by atoms with Crippen LogP contribution in [0.3, 0.4) is 0 Å². The number of rotatable bonds is 2. The molecule has 0 N–H and O–H groups in total. The summed E-state index contributed by atoms with van der Waals surface area (Å²) in [6.07, 6.45) is 1.25. The molecule has 0 rings (SSSR count). The van der Waals surface area contributed by atoms with Crippen molar-refractivity contribution >= 4 is 12.9 Å². The molecule has 1 atom stereocenters. The fourth-order valence-electron chi connectivity index (χ4n) is 0.465. The monoisotopic (exact) mass is 96.1 g/mol. The van der Waals surface area contributed by atoms with Gasteiger partial charge in [0.1, 0.15) is 0 Å². The summed E-state index contributed by atoms with van der Waals surface area (Å²) in [7, 11) is 0. The first-order valence-electron chi connectivity index (χ1n) is 2.94. The molecule has 0 spiro atoms. The Morgan fingerprint density at radius 3 is 2.43 bits per heavy atom. The van der Waals surface area contributed by atoms with Gasteiger partial charge in [-0.3, -0.25) is 0 Å². The van der Waals surface area contributed by atoms with E-state index < -0.39 is 0 Å². The van der Waals surface area contributed by atoms with Crippen LogP contribution < -0.4 is 0 Å². The van der Waals surface area contributed by atoms with Crippen LogP contribution in [0.5, 0.6) is 0 Å². The Labute approximate surface area is 46.8 Å². The van der Waals surface area contributed by atoms with Crippen LogP contribution in [0.2, 0.25) is 6.82 Å². The second kappa shape index (κ2) is 4.10. The van der Waals surface area contributed by atoms with E-state index in [9.17, 15) is 0 Å². The SMILES string of the molecule is CB=CC(C)CC. The quantitative estimate of drug-likeness (QED) is 0.458. The third kappa shape index (κ3) is 3.77. The number of hydrogen-bond acceptors (Lipinski definition) is 0. The van der Waals surface area contributed by atoms with Gasteiger partial charge < -0.3 is 0 Å². The van der Waals surface area contributed by atoms with Gasteiger partial charge in [-0.2, -0.15) is 0 Å². The van der Waals surface area contributed by atoms with Crippen molar-refractivity contribution in [1.82, 2.24) is 0 Å². The van der Waals surface area contributed by atoms with Crippen LogP contribution in [-0.2, 0) is 0 Å². The van der Waals surface area contributed by atoms with Crippen molar-refractivity contribution in [3.8, 4) is 0 Å². The number of hydrogen-bond donors (Lipinski definition) is 0. The third-order valence-electron chi connectivity index (χ3n) is 1.16. The standard InChI is InChI=1S/C6H13B/c1-4-6(2)5-7-3/h5-6H,4H2,1-3H3. The molecule has 0 amide bonds. The van der Waals surface area contributed by atoms with Crippen LogP contribution in [0, 0.1) is 5.92 Å². The Kier molecular flexibility index (Phi) is 4.07. The van der Waals surface area contributed by atoms with Gasteiger partial charge in [0.25, 0.3) is 0 Å². The molecule has 1 unspecified atom stereocenters. The Balaban J connectivity index is 3.16. The average molecular weight is 96.0 g/mol. The molecular weight excluding hydrogens is 82.9 g/mol. The van der Waals surface area contributed by atoms with Gasteiger partial charge >= 0.3 is 45.9 Å². The topological polar surface area (TPSA) is 0 Å². The van der Waals surface area contributed by atoms with E-state index in [-0.39, 0.29) is 0 Å². The Morgan fingerprint density at radius 2 is 2.29 bits per heavy atom. The predicted octanol–water partition coefficient (Wildman–Crippen LogP) is 1.59. The van der Waals surface area contributed by atoms with E-state index in [2.05, 4.69) is 33.6 Å². The van der Waals surface area contributed by atoms with Crippen molar-refractivity contribution in [2.45, 2.75) is 27.1 Å². The van der Waals surface area contributed by atoms with Crippen LogP contribution in [0.4, 0.5) is 0 Å². The van der Waals surface area contributed by atoms with Gasteiger partial charge in [-0.15, -0.1) is 0 Å². The molecule has 0 aliphatic carbocycles. The van der Waals surface area contributed by atoms with Crippen molar-refractivity contribution in [3.63, 3.8) is 0 Å². The van der Waals surface area contributed by atoms with E-state index in [0.717, 1.165) is 5.92 Å². The first-order chi connectivity index (χ1) is 3.31. The predicted molar refractivity (Wildman–Crippen MR) is 37.1 cm³/mol. The van der Waals surface area contributed by atoms with Gasteiger partial charge in [-0.05, 0) is 0 Å². The van der Waals surface area contributed by atoms with Gasteiger partial charge in [0.15, 0.2) is 0 Å². The Morgan fingerprint density at radius 1 is 1.71 bits per heavy atom. The summed E-state index contributed by atoms with van der Waals surface area (Å²) >= 11 is 0. The van der Waals surface area contributed by atoms with Crippen LogP contribution in [0.1, 0.15) is 20.3 Å². The van der Waals surface area contributed by atoms with Gasteiger partial charge in [-0.1, -0.05) is 0 Å². The maximum absolute atomic E-state index is 2.22. The van der Waals surface area contributed by atoms with E-state index in [1.807, 2.05) is 0 Å². The van der Waals surface area contributed by atoms with E-state index in [4.69, 9.17) is 0 Å². The molecule has 0 saturated carbocycles. The summed E-state index contributed by atoms with van der Waals surface area (Å²) in [6.45, 7) is 8.59. The van der Waals surface area contributed by atoms with Crippen molar-refractivity contribution in [2.75, 3.05) is 0 Å². The summed E-state index contributed by atoms with van der Waals surface area (Å²) in [4.78, 5) is 0. The Bertz CT molecular complexity index is 57.2. The fourth-order valence-corrected chi connectivity index (χ4v) is 0.465. The van der Waals surface area contributed by atoms with E-state index in [1.165, 1.54) is 6.42 Å². The first kappa shape index (κ1) is 6.93. The van der Waals surface area contributed by atoms with Gasteiger partial charge in [0.05, 0.1) is 0 Å². The van der Waals surface area contributed by atoms with Gasteiger partial charge in [-0.25, -0.2) is 0 Å². The fraction of sp³-hybridized carbons (Fsp3) is 0.833. The van der Waals surface area contributed by atoms with Crippen molar-refractivity contribution < 1.29 is 0 Å². The molecule has 40 valence electrons. The minimum atomic E-state index is 0.769. The van der Waals surface area contributed by atoms with E-state index in [1.54, 1.807) is 0 Å². The van der Waals surface area contributed by atoms with Crippen molar-refractivity contribution in [1.29, 1.82) is 0 Å². The van der Waals surface area contributed by atoms with E-state index >= 15 is 0 Å². The zero-order chi connectivity index (χ0) is 5.70. The molecule has 0 saturated heterocycles. The summed E-state index contributed by atoms with van der Waals surface area (Å²) in [5.74, 6) is 2.99. The second-order valence-corrected chi connectivity index (χ2v) is 1.91. The first-order valence-corrected chi connectivity index (χ1v) is 2.94. The molecule has 0 nitrogen and oxygen atoms in total. The average Bonchev–Trinajstić information content (AvgIpc) is 1.68.